The number of quaternary nitrogens is 1. The van der Waals surface area contributed by atoms with Gasteiger partial charge in [0.25, 0.3) is 5.69 Å². The van der Waals surface area contributed by atoms with Gasteiger partial charge >= 0.3 is 0 Å². The maximum absolute atomic E-state index is 10.2. The zero-order chi connectivity index (χ0) is 12.9. The molecule has 0 spiro atoms. The molecule has 0 radical (unpaired) electrons. The third-order valence-corrected chi connectivity index (χ3v) is 1.60. The zero-order valence-electron chi connectivity index (χ0n) is 7.66. The first kappa shape index (κ1) is 14.7. The summed E-state index contributed by atoms with van der Waals surface area (Å²) in [6.07, 6.45) is 0. The maximum Gasteiger partial charge on any atom is 0.271 e. The number of non-ortho nitro benzene ring substituents is 1. The van der Waals surface area contributed by atoms with Gasteiger partial charge in [-0.15, -0.1) is 0 Å². The van der Waals surface area contributed by atoms with Gasteiger partial charge in [-0.05, 0) is 0 Å². The number of benzene rings is 1. The third-order valence-electron chi connectivity index (χ3n) is 1.25. The van der Waals surface area contributed by atoms with Crippen LogP contribution in [0.5, 0.6) is 0 Å². The van der Waals surface area contributed by atoms with Crippen LogP contribution in [-0.2, 0) is 10.4 Å². The summed E-state index contributed by atoms with van der Waals surface area (Å²) in [7, 11) is -4.92. The molecule has 0 bridgehead atoms. The normalized spacial score (nSPS) is 10.2. The summed E-state index contributed by atoms with van der Waals surface area (Å²) in [6.45, 7) is 0. The summed E-state index contributed by atoms with van der Waals surface area (Å²) in [5.41, 5.74) is 4.15. The predicted molar refractivity (Wildman–Crippen MR) is 53.0 cm³/mol. The van der Waals surface area contributed by atoms with Crippen molar-refractivity contribution in [1.82, 2.24) is 0 Å². The highest BCUT2D eigenvalue weighted by Crippen LogP contribution is 2.22. The predicted octanol–water partition coefficient (Wildman–Crippen LogP) is 0.126. The second-order valence-electron chi connectivity index (χ2n) is 2.46. The highest BCUT2D eigenvalue weighted by Gasteiger charge is 2.08. The minimum Gasteiger partial charge on any atom is -0.726 e. The molecule has 0 saturated heterocycles. The van der Waals surface area contributed by atoms with Gasteiger partial charge in [0.15, 0.2) is 0 Å². The molecule has 10 heteroatoms. The highest BCUT2D eigenvalue weighted by atomic mass is 35.5. The Hall–Kier alpha value is -1.26. The van der Waals surface area contributed by atoms with Crippen LogP contribution < -0.4 is 5.73 Å². The van der Waals surface area contributed by atoms with Gasteiger partial charge in [0.05, 0.1) is 4.92 Å². The molecule has 0 atom stereocenters. The van der Waals surface area contributed by atoms with Crippen molar-refractivity contribution in [3.63, 3.8) is 0 Å². The number of nitro benzene ring substituents is 1. The smallest absolute Gasteiger partial charge is 0.271 e. The molecule has 16 heavy (non-hydrogen) atoms. The van der Waals surface area contributed by atoms with E-state index in [1.807, 2.05) is 0 Å². The Bertz CT molecular complexity index is 480. The Kier molecular flexibility index (Phi) is 5.27. The Morgan fingerprint density at radius 1 is 1.44 bits per heavy atom. The fourth-order valence-corrected chi connectivity index (χ4v) is 0.825. The molecule has 4 N–H and O–H groups in total. The van der Waals surface area contributed by atoms with Gasteiger partial charge in [-0.3, -0.25) is 14.7 Å². The molecule has 0 aliphatic carbocycles. The van der Waals surface area contributed by atoms with Gasteiger partial charge < -0.3 is 10.3 Å². The summed E-state index contributed by atoms with van der Waals surface area (Å²) in [5, 5.41) is 10.5. The molecule has 90 valence electrons. The number of hydrogen-bond acceptors (Lipinski definition) is 5. The molecule has 1 aromatic carbocycles. The van der Waals surface area contributed by atoms with Crippen molar-refractivity contribution in [3.8, 4) is 0 Å². The monoisotopic (exact) mass is 270 g/mol. The summed E-state index contributed by atoms with van der Waals surface area (Å²) in [6, 6.07) is 4.17. The van der Waals surface area contributed by atoms with Crippen LogP contribution in [0.3, 0.4) is 0 Å². The van der Waals surface area contributed by atoms with Crippen molar-refractivity contribution < 1.29 is 28.2 Å². The number of halogens is 1. The fourth-order valence-electron chi connectivity index (χ4n) is 0.650. The first-order chi connectivity index (χ1) is 7.11. The third kappa shape index (κ3) is 7.09. The van der Waals surface area contributed by atoms with Gasteiger partial charge in [0.2, 0.25) is 10.4 Å². The van der Waals surface area contributed by atoms with E-state index in [2.05, 4.69) is 5.73 Å². The minimum absolute atomic E-state index is 0.0117. The molecule has 8 nitrogen and oxygen atoms in total. The molecule has 0 heterocycles. The molecule has 0 aromatic heterocycles. The minimum atomic E-state index is -4.92. The summed E-state index contributed by atoms with van der Waals surface area (Å²) in [4.78, 5) is 9.70. The van der Waals surface area contributed by atoms with Crippen LogP contribution in [0, 0.1) is 10.1 Å². The van der Waals surface area contributed by atoms with E-state index in [0.29, 0.717) is 10.7 Å². The standard InChI is InChI=1S/C6H5ClN2O2.H2O4S/c7-5-3-4(9(10)11)1-2-6(5)8;1-5(2,3)4/h1-3H,8H2;(H2,1,2,3,4). The summed E-state index contributed by atoms with van der Waals surface area (Å²) in [5.74, 6) is 0. The lowest BCUT2D eigenvalue weighted by atomic mass is 10.3. The van der Waals surface area contributed by atoms with Crippen LogP contribution in [0.1, 0.15) is 0 Å². The molecule has 0 amide bonds. The molecular formula is C6H7ClN2O6S. The summed E-state index contributed by atoms with van der Waals surface area (Å²) < 4.78 is 32.8. The molecule has 0 aliphatic heterocycles. The van der Waals surface area contributed by atoms with E-state index in [1.54, 1.807) is 0 Å². The summed E-state index contributed by atoms with van der Waals surface area (Å²) >= 11 is 5.59. The quantitative estimate of drug-likeness (QED) is 0.320. The first-order valence-corrected chi connectivity index (χ1v) is 5.30. The average Bonchev–Trinajstić information content (AvgIpc) is 2.06. The zero-order valence-corrected chi connectivity index (χ0v) is 9.23. The van der Waals surface area contributed by atoms with Crippen LogP contribution in [0.2, 0.25) is 5.02 Å². The fraction of sp³-hybridized carbons (Fsp3) is 0. The highest BCUT2D eigenvalue weighted by molar-refractivity contribution is 7.79. The van der Waals surface area contributed by atoms with Gasteiger partial charge in [-0.1, -0.05) is 11.6 Å². The molecule has 0 aliphatic rings. The van der Waals surface area contributed by atoms with E-state index < -0.39 is 15.3 Å². The lowest BCUT2D eigenvalue weighted by Gasteiger charge is -1.92. The van der Waals surface area contributed by atoms with Gasteiger partial charge in [0.1, 0.15) is 10.7 Å². The topological polar surface area (TPSA) is 148 Å². The number of nitro groups is 1. The second-order valence-corrected chi connectivity index (χ2v) is 3.72. The van der Waals surface area contributed by atoms with Crippen molar-refractivity contribution in [1.29, 1.82) is 0 Å². The first-order valence-electron chi connectivity index (χ1n) is 3.55. The van der Waals surface area contributed by atoms with Crippen molar-refractivity contribution in [2.45, 2.75) is 0 Å². The van der Waals surface area contributed by atoms with E-state index in [-0.39, 0.29) is 5.69 Å². The average molecular weight is 271 g/mol. The van der Waals surface area contributed by atoms with Crippen molar-refractivity contribution in [3.05, 3.63) is 33.3 Å². The van der Waals surface area contributed by atoms with Crippen molar-refractivity contribution >= 4 is 33.4 Å². The number of hydrogen-bond donors (Lipinski definition) is 2. The molecule has 0 unspecified atom stereocenters. The van der Waals surface area contributed by atoms with E-state index >= 15 is 0 Å². The molecule has 1 rings (SSSR count). The largest absolute Gasteiger partial charge is 0.726 e. The van der Waals surface area contributed by atoms with Crippen molar-refractivity contribution in [2.75, 3.05) is 0 Å². The van der Waals surface area contributed by atoms with Gasteiger partial charge in [0, 0.05) is 18.2 Å². The van der Waals surface area contributed by atoms with Gasteiger partial charge in [-0.25, -0.2) is 8.42 Å². The van der Waals surface area contributed by atoms with E-state index in [1.165, 1.54) is 18.2 Å². The van der Waals surface area contributed by atoms with E-state index in [9.17, 15) is 10.1 Å². The lowest BCUT2D eigenvalue weighted by Crippen LogP contribution is -2.40. The Labute approximate surface area is 95.4 Å². The Morgan fingerprint density at radius 2 is 1.88 bits per heavy atom. The van der Waals surface area contributed by atoms with Crippen LogP contribution >= 0.6 is 11.6 Å². The maximum atomic E-state index is 10.2. The van der Waals surface area contributed by atoms with Crippen LogP contribution in [0.4, 0.5) is 11.4 Å². The van der Waals surface area contributed by atoms with E-state index in [0.717, 1.165) is 0 Å². The Morgan fingerprint density at radius 3 is 2.19 bits per heavy atom. The lowest BCUT2D eigenvalue weighted by molar-refractivity contribution is -0.385. The Balaban J connectivity index is 0.000000385. The van der Waals surface area contributed by atoms with Crippen LogP contribution in [0.25, 0.3) is 0 Å². The van der Waals surface area contributed by atoms with Crippen LogP contribution in [0.15, 0.2) is 18.2 Å². The number of nitrogens with zero attached hydrogens (tertiary/aromatic N) is 1. The second kappa shape index (κ2) is 5.72. The van der Waals surface area contributed by atoms with E-state index in [4.69, 9.17) is 29.1 Å². The molecule has 1 aromatic rings. The molecule has 0 fully saturated rings. The SMILES string of the molecule is O=S(=O)([O-])O.[NH3+]c1ccc([N+](=O)[O-])cc1Cl. The van der Waals surface area contributed by atoms with Gasteiger partial charge in [-0.2, -0.15) is 0 Å². The van der Waals surface area contributed by atoms with Crippen LogP contribution in [-0.4, -0.2) is 22.4 Å². The molecular weight excluding hydrogens is 264 g/mol. The van der Waals surface area contributed by atoms with Crippen molar-refractivity contribution in [2.24, 2.45) is 0 Å². The number of rotatable bonds is 1. The molecule has 0 saturated carbocycles.